The van der Waals surface area contributed by atoms with Crippen LogP contribution < -0.4 is 10.6 Å². The van der Waals surface area contributed by atoms with Gasteiger partial charge < -0.3 is 10.6 Å². The number of piperidine rings is 1. The van der Waals surface area contributed by atoms with Gasteiger partial charge in [0.2, 0.25) is 5.91 Å². The van der Waals surface area contributed by atoms with Crippen LogP contribution >= 0.6 is 0 Å². The first-order chi connectivity index (χ1) is 8.58. The third kappa shape index (κ3) is 2.85. The van der Waals surface area contributed by atoms with Gasteiger partial charge in [-0.2, -0.15) is 0 Å². The monoisotopic (exact) mass is 254 g/mol. The second kappa shape index (κ2) is 5.44. The van der Waals surface area contributed by atoms with Gasteiger partial charge in [-0.1, -0.05) is 6.92 Å². The van der Waals surface area contributed by atoms with Crippen molar-refractivity contribution < 1.29 is 13.6 Å². The average Bonchev–Trinajstić information content (AvgIpc) is 2.33. The van der Waals surface area contributed by atoms with Crippen molar-refractivity contribution >= 4 is 11.6 Å². The van der Waals surface area contributed by atoms with E-state index in [4.69, 9.17) is 0 Å². The molecule has 0 aliphatic carbocycles. The minimum Gasteiger partial charge on any atom is -0.322 e. The van der Waals surface area contributed by atoms with E-state index < -0.39 is 11.6 Å². The highest BCUT2D eigenvalue weighted by molar-refractivity contribution is 5.95. The zero-order valence-corrected chi connectivity index (χ0v) is 10.2. The molecule has 0 radical (unpaired) electrons. The number of carbonyl (C=O) groups excluding carboxylic acids is 1. The average molecular weight is 254 g/mol. The highest BCUT2D eigenvalue weighted by Crippen LogP contribution is 2.19. The molecule has 0 saturated carbocycles. The van der Waals surface area contributed by atoms with Crippen LogP contribution in [0.4, 0.5) is 14.5 Å². The standard InChI is InChI=1S/C13H16F2N2O/c1-8-3-2-6-16-12(8)13(18)17-11-5-4-9(14)7-10(11)15/h4-5,7-8,12,16H,2-3,6H2,1H3,(H,17,18). The number of hydrogen-bond acceptors (Lipinski definition) is 2. The minimum atomic E-state index is -0.758. The Morgan fingerprint density at radius 1 is 1.44 bits per heavy atom. The van der Waals surface area contributed by atoms with E-state index in [1.807, 2.05) is 6.92 Å². The molecule has 1 fully saturated rings. The lowest BCUT2D eigenvalue weighted by atomic mass is 9.92. The maximum absolute atomic E-state index is 13.4. The molecule has 1 aliphatic heterocycles. The molecule has 1 aliphatic rings. The molecule has 5 heteroatoms. The maximum atomic E-state index is 13.4. The van der Waals surface area contributed by atoms with Gasteiger partial charge in [0.1, 0.15) is 11.6 Å². The summed E-state index contributed by atoms with van der Waals surface area (Å²) in [7, 11) is 0. The molecular formula is C13H16F2N2O. The second-order valence-corrected chi connectivity index (χ2v) is 4.66. The van der Waals surface area contributed by atoms with E-state index in [-0.39, 0.29) is 23.6 Å². The molecule has 0 spiro atoms. The van der Waals surface area contributed by atoms with Gasteiger partial charge >= 0.3 is 0 Å². The molecule has 2 unspecified atom stereocenters. The molecule has 1 saturated heterocycles. The van der Waals surface area contributed by atoms with Crippen LogP contribution in [0, 0.1) is 17.6 Å². The van der Waals surface area contributed by atoms with Crippen molar-refractivity contribution in [1.82, 2.24) is 5.32 Å². The Hall–Kier alpha value is -1.49. The van der Waals surface area contributed by atoms with Crippen LogP contribution in [0.25, 0.3) is 0 Å². The molecule has 1 aromatic rings. The van der Waals surface area contributed by atoms with Gasteiger partial charge in [0.25, 0.3) is 0 Å². The summed E-state index contributed by atoms with van der Waals surface area (Å²) in [4.78, 5) is 12.0. The minimum absolute atomic E-state index is 0.0148. The molecule has 18 heavy (non-hydrogen) atoms. The maximum Gasteiger partial charge on any atom is 0.241 e. The normalized spacial score (nSPS) is 23.7. The number of anilines is 1. The third-order valence-corrected chi connectivity index (χ3v) is 3.24. The Balaban J connectivity index is 2.06. The highest BCUT2D eigenvalue weighted by atomic mass is 19.1. The van der Waals surface area contributed by atoms with Crippen LogP contribution in [-0.2, 0) is 4.79 Å². The van der Waals surface area contributed by atoms with Crippen LogP contribution in [-0.4, -0.2) is 18.5 Å². The summed E-state index contributed by atoms with van der Waals surface area (Å²) in [6, 6.07) is 2.79. The molecular weight excluding hydrogens is 238 g/mol. The van der Waals surface area contributed by atoms with Crippen molar-refractivity contribution in [1.29, 1.82) is 0 Å². The van der Waals surface area contributed by atoms with Gasteiger partial charge in [0.05, 0.1) is 11.7 Å². The summed E-state index contributed by atoms with van der Waals surface area (Å²) in [6.45, 7) is 2.77. The quantitative estimate of drug-likeness (QED) is 0.850. The van der Waals surface area contributed by atoms with E-state index in [9.17, 15) is 13.6 Å². The highest BCUT2D eigenvalue weighted by Gasteiger charge is 2.27. The molecule has 2 rings (SSSR count). The number of rotatable bonds is 2. The van der Waals surface area contributed by atoms with Crippen LogP contribution in [0.5, 0.6) is 0 Å². The fourth-order valence-electron chi connectivity index (χ4n) is 2.20. The number of benzene rings is 1. The Labute approximate surface area is 105 Å². The molecule has 1 amide bonds. The molecule has 2 atom stereocenters. The van der Waals surface area contributed by atoms with Crippen LogP contribution in [0.2, 0.25) is 0 Å². The van der Waals surface area contributed by atoms with E-state index in [1.54, 1.807) is 0 Å². The summed E-state index contributed by atoms with van der Waals surface area (Å²) in [5, 5.41) is 5.61. The summed E-state index contributed by atoms with van der Waals surface area (Å²) in [6.07, 6.45) is 2.01. The van der Waals surface area contributed by atoms with Crippen molar-refractivity contribution in [2.24, 2.45) is 5.92 Å². The van der Waals surface area contributed by atoms with Gasteiger partial charge in [-0.15, -0.1) is 0 Å². The Kier molecular flexibility index (Phi) is 3.91. The van der Waals surface area contributed by atoms with E-state index in [1.165, 1.54) is 6.07 Å². The molecule has 2 N–H and O–H groups in total. The van der Waals surface area contributed by atoms with E-state index in [2.05, 4.69) is 10.6 Å². The summed E-state index contributed by atoms with van der Waals surface area (Å²) < 4.78 is 26.1. The van der Waals surface area contributed by atoms with Gasteiger partial charge in [-0.25, -0.2) is 8.78 Å². The number of carbonyl (C=O) groups is 1. The van der Waals surface area contributed by atoms with Gasteiger partial charge in [0.15, 0.2) is 0 Å². The smallest absolute Gasteiger partial charge is 0.241 e. The molecule has 1 aromatic carbocycles. The fraction of sp³-hybridized carbons (Fsp3) is 0.462. The van der Waals surface area contributed by atoms with E-state index >= 15 is 0 Å². The predicted octanol–water partition coefficient (Wildman–Crippen LogP) is 2.29. The largest absolute Gasteiger partial charge is 0.322 e. The van der Waals surface area contributed by atoms with Crippen LogP contribution in [0.15, 0.2) is 18.2 Å². The lowest BCUT2D eigenvalue weighted by Gasteiger charge is -2.28. The van der Waals surface area contributed by atoms with Gasteiger partial charge in [0, 0.05) is 6.07 Å². The molecule has 3 nitrogen and oxygen atoms in total. The Morgan fingerprint density at radius 2 is 2.22 bits per heavy atom. The summed E-state index contributed by atoms with van der Waals surface area (Å²) in [5.41, 5.74) is 0.0148. The van der Waals surface area contributed by atoms with Crippen molar-refractivity contribution in [3.05, 3.63) is 29.8 Å². The zero-order valence-electron chi connectivity index (χ0n) is 10.2. The van der Waals surface area contributed by atoms with Gasteiger partial charge in [-0.3, -0.25) is 4.79 Å². The SMILES string of the molecule is CC1CCCNC1C(=O)Nc1ccc(F)cc1F. The first-order valence-corrected chi connectivity index (χ1v) is 6.07. The predicted molar refractivity (Wildman–Crippen MR) is 65.2 cm³/mol. The van der Waals surface area contributed by atoms with Crippen molar-refractivity contribution in [3.63, 3.8) is 0 Å². The number of nitrogens with one attached hydrogen (secondary N) is 2. The third-order valence-electron chi connectivity index (χ3n) is 3.24. The number of hydrogen-bond donors (Lipinski definition) is 2. The summed E-state index contributed by atoms with van der Waals surface area (Å²) >= 11 is 0. The fourth-order valence-corrected chi connectivity index (χ4v) is 2.20. The first kappa shape index (κ1) is 13.0. The number of amides is 1. The Morgan fingerprint density at radius 3 is 2.89 bits per heavy atom. The van der Waals surface area contributed by atoms with Crippen LogP contribution in [0.1, 0.15) is 19.8 Å². The van der Waals surface area contributed by atoms with Gasteiger partial charge in [-0.05, 0) is 37.4 Å². The molecule has 0 aromatic heterocycles. The lowest BCUT2D eigenvalue weighted by molar-refractivity contribution is -0.119. The van der Waals surface area contributed by atoms with E-state index in [0.29, 0.717) is 0 Å². The summed E-state index contributed by atoms with van der Waals surface area (Å²) in [5.74, 6) is -1.48. The van der Waals surface area contributed by atoms with Crippen LogP contribution in [0.3, 0.4) is 0 Å². The van der Waals surface area contributed by atoms with Crippen molar-refractivity contribution in [2.45, 2.75) is 25.8 Å². The molecule has 1 heterocycles. The Bertz CT molecular complexity index is 451. The molecule has 98 valence electrons. The van der Waals surface area contributed by atoms with Crippen molar-refractivity contribution in [2.75, 3.05) is 11.9 Å². The lowest BCUT2D eigenvalue weighted by Crippen LogP contribution is -2.48. The molecule has 0 bridgehead atoms. The topological polar surface area (TPSA) is 41.1 Å². The zero-order chi connectivity index (χ0) is 13.1. The first-order valence-electron chi connectivity index (χ1n) is 6.07. The number of halogens is 2. The van der Waals surface area contributed by atoms with Crippen molar-refractivity contribution in [3.8, 4) is 0 Å². The van der Waals surface area contributed by atoms with E-state index in [0.717, 1.165) is 31.5 Å². The second-order valence-electron chi connectivity index (χ2n) is 4.66.